The quantitative estimate of drug-likeness (QED) is 0.0509. The van der Waals surface area contributed by atoms with E-state index in [1.807, 2.05) is 0 Å². The molecule has 356 valence electrons. The molecule has 1 aliphatic rings. The number of aliphatic hydroxyl groups excluding tert-OH is 4. The lowest BCUT2D eigenvalue weighted by Crippen LogP contribution is -2.61. The highest BCUT2D eigenvalue weighted by molar-refractivity contribution is 5.97. The maximum atomic E-state index is 14.0. The Balaban J connectivity index is 3.29. The van der Waals surface area contributed by atoms with E-state index in [1.54, 1.807) is 76.2 Å². The van der Waals surface area contributed by atoms with Gasteiger partial charge in [0.1, 0.15) is 47.3 Å². The van der Waals surface area contributed by atoms with Crippen LogP contribution in [0.3, 0.4) is 0 Å². The van der Waals surface area contributed by atoms with Gasteiger partial charge in [-0.3, -0.25) is 38.4 Å². The minimum atomic E-state index is -1.67. The molecule has 62 heavy (non-hydrogen) atoms. The minimum absolute atomic E-state index is 0.249. The Morgan fingerprint density at radius 3 is 1.58 bits per heavy atom. The van der Waals surface area contributed by atoms with E-state index in [2.05, 4.69) is 16.0 Å². The van der Waals surface area contributed by atoms with Crippen LogP contribution in [0.4, 0.5) is 0 Å². The molecule has 0 aliphatic carbocycles. The smallest absolute Gasteiger partial charge is 0.308 e. The predicted octanol–water partition coefficient (Wildman–Crippen LogP) is -0.346. The van der Waals surface area contributed by atoms with Gasteiger partial charge in [-0.25, -0.2) is 0 Å². The summed E-state index contributed by atoms with van der Waals surface area (Å²) in [5.74, 6) is -8.86. The molecular weight excluding hydrogens is 816 g/mol. The van der Waals surface area contributed by atoms with Crippen LogP contribution in [0.25, 0.3) is 0 Å². The first-order chi connectivity index (χ1) is 28.2. The van der Waals surface area contributed by atoms with Crippen molar-refractivity contribution in [3.05, 3.63) is 0 Å². The number of carbonyl (C=O) groups excluding carboxylic acids is 8. The number of esters is 3. The number of nitrogens with one attached hydrogen (secondary N) is 3. The molecule has 0 saturated carbocycles. The van der Waals surface area contributed by atoms with E-state index in [0.717, 1.165) is 0 Å². The number of hydrogen-bond acceptors (Lipinski definition) is 17. The van der Waals surface area contributed by atoms with Crippen LogP contribution in [-0.2, 0) is 57.3 Å². The zero-order valence-electron chi connectivity index (χ0n) is 38.3. The van der Waals surface area contributed by atoms with Crippen molar-refractivity contribution in [1.29, 1.82) is 0 Å². The van der Waals surface area contributed by atoms with Crippen molar-refractivity contribution >= 4 is 47.2 Å². The van der Waals surface area contributed by atoms with Crippen molar-refractivity contribution in [3.8, 4) is 0 Å². The van der Waals surface area contributed by atoms with Crippen LogP contribution >= 0.6 is 0 Å². The Hall–Kier alpha value is -4.08. The molecule has 0 aromatic heterocycles. The van der Waals surface area contributed by atoms with Gasteiger partial charge in [0.05, 0.1) is 37.6 Å². The van der Waals surface area contributed by atoms with Crippen LogP contribution in [0.1, 0.15) is 122 Å². The van der Waals surface area contributed by atoms with Gasteiger partial charge in [0.15, 0.2) is 11.6 Å². The van der Waals surface area contributed by atoms with Crippen molar-refractivity contribution in [2.45, 2.75) is 187 Å². The third-order valence-electron chi connectivity index (χ3n) is 9.39. The zero-order valence-corrected chi connectivity index (χ0v) is 38.3. The second kappa shape index (κ2) is 24.1. The summed E-state index contributed by atoms with van der Waals surface area (Å²) in [4.78, 5) is 106. The topological polar surface area (TPSA) is 317 Å². The fourth-order valence-corrected chi connectivity index (χ4v) is 6.23. The van der Waals surface area contributed by atoms with E-state index in [0.29, 0.717) is 0 Å². The van der Waals surface area contributed by atoms with Crippen molar-refractivity contribution in [2.75, 3.05) is 13.2 Å². The van der Waals surface area contributed by atoms with Crippen LogP contribution < -0.4 is 21.7 Å². The average Bonchev–Trinajstić information content (AvgIpc) is 3.10. The Morgan fingerprint density at radius 1 is 0.613 bits per heavy atom. The minimum Gasteiger partial charge on any atom is -0.460 e. The normalized spacial score (nSPS) is 21.9. The van der Waals surface area contributed by atoms with E-state index < -0.39 is 163 Å². The maximum absolute atomic E-state index is 14.0. The highest BCUT2D eigenvalue weighted by Crippen LogP contribution is 2.23. The van der Waals surface area contributed by atoms with Gasteiger partial charge in [-0.05, 0) is 74.7 Å². The van der Waals surface area contributed by atoms with Crippen LogP contribution in [0, 0.1) is 17.8 Å². The summed E-state index contributed by atoms with van der Waals surface area (Å²) < 4.78 is 21.4. The Morgan fingerprint density at radius 2 is 1.08 bits per heavy atom. The van der Waals surface area contributed by atoms with Gasteiger partial charge in [-0.2, -0.15) is 0 Å². The molecule has 20 nitrogen and oxygen atoms in total. The number of carbonyl (C=O) groups is 8. The van der Waals surface area contributed by atoms with Gasteiger partial charge in [0, 0.05) is 37.6 Å². The van der Waals surface area contributed by atoms with Crippen molar-refractivity contribution < 1.29 is 77.7 Å². The average molecular weight is 889 g/mol. The van der Waals surface area contributed by atoms with E-state index >= 15 is 0 Å². The summed E-state index contributed by atoms with van der Waals surface area (Å²) in [5.41, 5.74) is 3.33. The molecule has 2 unspecified atom stereocenters. The van der Waals surface area contributed by atoms with Crippen LogP contribution in [0.2, 0.25) is 0 Å². The summed E-state index contributed by atoms with van der Waals surface area (Å²) in [7, 11) is 0. The third-order valence-corrected chi connectivity index (χ3v) is 9.39. The lowest BCUT2D eigenvalue weighted by atomic mass is 9.86. The zero-order chi connectivity index (χ0) is 48.1. The number of nitrogens with two attached hydrogens (primary N) is 1. The van der Waals surface area contributed by atoms with Crippen LogP contribution in [0.5, 0.6) is 0 Å². The number of ether oxygens (including phenoxy) is 4. The number of Topliss-reactive ketones (excluding diaryl/α,β-unsaturated/α-hetero) is 2. The molecule has 0 bridgehead atoms. The first kappa shape index (κ1) is 55.9. The highest BCUT2D eigenvalue weighted by Gasteiger charge is 2.43. The van der Waals surface area contributed by atoms with Gasteiger partial charge in [-0.1, -0.05) is 20.8 Å². The number of ketones is 2. The lowest BCUT2D eigenvalue weighted by Gasteiger charge is -2.40. The molecule has 1 aliphatic heterocycles. The molecule has 1 fully saturated rings. The van der Waals surface area contributed by atoms with Gasteiger partial charge >= 0.3 is 17.9 Å². The second-order valence-electron chi connectivity index (χ2n) is 19.1. The van der Waals surface area contributed by atoms with Gasteiger partial charge < -0.3 is 61.1 Å². The first-order valence-electron chi connectivity index (χ1n) is 20.9. The Bertz CT molecular complexity index is 1560. The summed E-state index contributed by atoms with van der Waals surface area (Å²) in [5, 5.41) is 47.4. The van der Waals surface area contributed by atoms with Gasteiger partial charge in [-0.15, -0.1) is 0 Å². The maximum Gasteiger partial charge on any atom is 0.308 e. The first-order valence-corrected chi connectivity index (χ1v) is 20.9. The molecule has 0 radical (unpaired) electrons. The number of rotatable bonds is 22. The van der Waals surface area contributed by atoms with E-state index in [1.165, 1.54) is 6.92 Å². The fourth-order valence-electron chi connectivity index (χ4n) is 6.23. The summed E-state index contributed by atoms with van der Waals surface area (Å²) >= 11 is 0. The fraction of sp³-hybridized carbons (Fsp3) is 0.810. The molecule has 10 atom stereocenters. The molecule has 0 spiro atoms. The molecule has 3 amide bonds. The third kappa shape index (κ3) is 20.4. The molecule has 1 saturated heterocycles. The van der Waals surface area contributed by atoms with Crippen molar-refractivity contribution in [3.63, 3.8) is 0 Å². The summed E-state index contributed by atoms with van der Waals surface area (Å²) in [6, 6.07) is -4.32. The van der Waals surface area contributed by atoms with Crippen LogP contribution in [-0.4, -0.2) is 146 Å². The number of aliphatic hydroxyl groups is 4. The van der Waals surface area contributed by atoms with Crippen molar-refractivity contribution in [2.24, 2.45) is 23.5 Å². The molecule has 0 aromatic carbocycles. The Labute approximate surface area is 364 Å². The molecule has 1 heterocycles. The Kier molecular flexibility index (Phi) is 21.8. The molecule has 0 aromatic rings. The van der Waals surface area contributed by atoms with Crippen LogP contribution in [0.15, 0.2) is 0 Å². The molecular formula is C42H72N4O16. The summed E-state index contributed by atoms with van der Waals surface area (Å²) in [6.07, 6.45) is -10.0. The second-order valence-corrected chi connectivity index (χ2v) is 19.1. The highest BCUT2D eigenvalue weighted by atomic mass is 16.6. The molecule has 20 heteroatoms. The monoisotopic (exact) mass is 888 g/mol. The SMILES string of the molecule is CC(C)[C@H](CC(=O)[C@H](CCC(=O)OC(C)(C)C)NC(=O)[C@@H](N)CC(=O)OC(C)(C)C)C(=O)N[C@@H](CC(=O)OC(C)(C)C)C(=O)C[C@@H](C)C(=O)NC[C@@H]1O[C@H](CO)C(O)C(O)[C@H]1O. The molecule has 1 rings (SSSR count). The van der Waals surface area contributed by atoms with Gasteiger partial charge in [0.25, 0.3) is 0 Å². The summed E-state index contributed by atoms with van der Waals surface area (Å²) in [6.45, 7) is 18.3. The number of hydrogen-bond donors (Lipinski definition) is 8. The van der Waals surface area contributed by atoms with E-state index in [9.17, 15) is 58.8 Å². The lowest BCUT2D eigenvalue weighted by molar-refractivity contribution is -0.227. The van der Waals surface area contributed by atoms with E-state index in [4.69, 9.17) is 24.7 Å². The largest absolute Gasteiger partial charge is 0.460 e. The number of amides is 3. The molecule has 9 N–H and O–H groups in total. The predicted molar refractivity (Wildman–Crippen MR) is 221 cm³/mol. The van der Waals surface area contributed by atoms with Crippen molar-refractivity contribution in [1.82, 2.24) is 16.0 Å². The standard InChI is InChI=1S/C42H72N4O16/c1-21(2)23(16-28(49)25(13-14-31(50)60-40(4,5)6)45-39(58)24(43)17-32(51)61-41(7,8)9)38(57)46-26(18-33(52)62-42(10,11)12)27(48)15-22(3)37(56)44-19-29-34(53)36(55)35(54)30(20-47)59-29/h21-26,29-30,34-36,47,53-55H,13-20,43H2,1-12H3,(H,44,56)(H,45,58)(H,46,57)/t22-,23+,24+,25+,26+,29+,30-,34+,35?,36?/m1/s1. The van der Waals surface area contributed by atoms with Gasteiger partial charge in [0.2, 0.25) is 17.7 Å². The van der Waals surface area contributed by atoms with E-state index in [-0.39, 0.29) is 19.4 Å².